The molecule has 1 aliphatic heterocycles. The highest BCUT2D eigenvalue weighted by molar-refractivity contribution is 8.01. The summed E-state index contributed by atoms with van der Waals surface area (Å²) >= 11 is 2.43. The molecule has 0 amide bonds. The van der Waals surface area contributed by atoms with Crippen LogP contribution in [-0.4, -0.2) is 23.1 Å². The average molecular weight is 265 g/mol. The van der Waals surface area contributed by atoms with Gasteiger partial charge in [0.05, 0.1) is 0 Å². The van der Waals surface area contributed by atoms with E-state index in [1.165, 1.54) is 32.4 Å². The van der Waals surface area contributed by atoms with Gasteiger partial charge in [-0.2, -0.15) is 11.8 Å². The van der Waals surface area contributed by atoms with Gasteiger partial charge < -0.3 is 5.32 Å². The minimum absolute atomic E-state index is 0.728. The standard InChI is InChI=1S/C16H27NS/c1-2-4-17-11-15(3-1)18-16-8-12-5-13(9-16)7-14(6-12)10-16/h12-15,17H,1-11H2. The van der Waals surface area contributed by atoms with E-state index < -0.39 is 0 Å². The fraction of sp³-hybridized carbons (Fsp3) is 1.00. The Morgan fingerprint density at radius 3 is 2.22 bits per heavy atom. The molecule has 4 aliphatic carbocycles. The molecule has 1 unspecified atom stereocenters. The monoisotopic (exact) mass is 265 g/mol. The maximum atomic E-state index is 3.66. The molecule has 5 rings (SSSR count). The molecule has 4 bridgehead atoms. The molecule has 1 nitrogen and oxygen atoms in total. The van der Waals surface area contributed by atoms with Gasteiger partial charge in [0.2, 0.25) is 0 Å². The van der Waals surface area contributed by atoms with E-state index in [-0.39, 0.29) is 0 Å². The molecule has 2 heteroatoms. The number of nitrogens with one attached hydrogen (secondary N) is 1. The highest BCUT2D eigenvalue weighted by atomic mass is 32.2. The second-order valence-corrected chi connectivity index (χ2v) is 9.31. The second-order valence-electron chi connectivity index (χ2n) is 7.54. The zero-order valence-corrected chi connectivity index (χ0v) is 12.3. The van der Waals surface area contributed by atoms with Crippen molar-refractivity contribution in [3.05, 3.63) is 0 Å². The molecule has 18 heavy (non-hydrogen) atoms. The van der Waals surface area contributed by atoms with Crippen LogP contribution < -0.4 is 5.32 Å². The number of thioether (sulfide) groups is 1. The molecule has 1 N–H and O–H groups in total. The van der Waals surface area contributed by atoms with Crippen LogP contribution in [0.15, 0.2) is 0 Å². The van der Waals surface area contributed by atoms with Crippen molar-refractivity contribution in [3.63, 3.8) is 0 Å². The van der Waals surface area contributed by atoms with Crippen molar-refractivity contribution in [2.45, 2.75) is 67.8 Å². The molecule has 0 spiro atoms. The molecule has 4 saturated carbocycles. The van der Waals surface area contributed by atoms with Gasteiger partial charge in [0.1, 0.15) is 0 Å². The number of rotatable bonds is 2. The maximum absolute atomic E-state index is 3.66. The van der Waals surface area contributed by atoms with Crippen molar-refractivity contribution in [1.82, 2.24) is 5.32 Å². The molecule has 102 valence electrons. The predicted octanol–water partition coefficient (Wildman–Crippen LogP) is 3.83. The summed E-state index contributed by atoms with van der Waals surface area (Å²) in [4.78, 5) is 0. The van der Waals surface area contributed by atoms with E-state index in [2.05, 4.69) is 17.1 Å². The minimum Gasteiger partial charge on any atom is -0.316 e. The second kappa shape index (κ2) is 4.70. The van der Waals surface area contributed by atoms with Gasteiger partial charge in [0, 0.05) is 16.5 Å². The first kappa shape index (κ1) is 12.1. The normalized spacial score (nSPS) is 51.3. The van der Waals surface area contributed by atoms with Crippen LogP contribution in [0.3, 0.4) is 0 Å². The largest absolute Gasteiger partial charge is 0.316 e. The maximum Gasteiger partial charge on any atom is 0.0178 e. The van der Waals surface area contributed by atoms with Gasteiger partial charge in [-0.3, -0.25) is 0 Å². The number of hydrogen-bond acceptors (Lipinski definition) is 2. The van der Waals surface area contributed by atoms with Crippen molar-refractivity contribution in [2.24, 2.45) is 17.8 Å². The molecule has 5 aliphatic rings. The van der Waals surface area contributed by atoms with Gasteiger partial charge >= 0.3 is 0 Å². The highest BCUT2D eigenvalue weighted by Gasteiger charge is 2.51. The zero-order valence-electron chi connectivity index (χ0n) is 11.5. The summed E-state index contributed by atoms with van der Waals surface area (Å²) in [5, 5.41) is 4.58. The Labute approximate surface area is 116 Å². The van der Waals surface area contributed by atoms with Gasteiger partial charge in [0.15, 0.2) is 0 Å². The Morgan fingerprint density at radius 2 is 1.56 bits per heavy atom. The Bertz CT molecular complexity index is 271. The smallest absolute Gasteiger partial charge is 0.0178 e. The Kier molecular flexibility index (Phi) is 3.15. The van der Waals surface area contributed by atoms with Gasteiger partial charge in [-0.05, 0) is 75.7 Å². The predicted molar refractivity (Wildman–Crippen MR) is 79.0 cm³/mol. The summed E-state index contributed by atoms with van der Waals surface area (Å²) in [7, 11) is 0. The van der Waals surface area contributed by atoms with Gasteiger partial charge in [-0.25, -0.2) is 0 Å². The zero-order chi connectivity index (χ0) is 12.0. The lowest BCUT2D eigenvalue weighted by Crippen LogP contribution is -2.49. The average Bonchev–Trinajstić information content (AvgIpc) is 2.55. The molecular weight excluding hydrogens is 238 g/mol. The molecular formula is C16H27NS. The molecule has 0 aromatic heterocycles. The summed E-state index contributed by atoms with van der Waals surface area (Å²) < 4.78 is 0.728. The highest BCUT2D eigenvalue weighted by Crippen LogP contribution is 2.61. The molecule has 1 atom stereocenters. The van der Waals surface area contributed by atoms with E-state index in [4.69, 9.17) is 0 Å². The van der Waals surface area contributed by atoms with Crippen molar-refractivity contribution >= 4 is 11.8 Å². The Balaban J connectivity index is 1.46. The Morgan fingerprint density at radius 1 is 0.889 bits per heavy atom. The minimum atomic E-state index is 0.728. The summed E-state index contributed by atoms with van der Waals surface area (Å²) in [5.74, 6) is 3.34. The van der Waals surface area contributed by atoms with E-state index in [1.54, 1.807) is 38.5 Å². The lowest BCUT2D eigenvalue weighted by Gasteiger charge is -2.57. The molecule has 0 aromatic rings. The Hall–Kier alpha value is 0.310. The van der Waals surface area contributed by atoms with Crippen LogP contribution in [0.1, 0.15) is 57.8 Å². The first-order chi connectivity index (χ1) is 8.81. The third kappa shape index (κ3) is 2.24. The van der Waals surface area contributed by atoms with Crippen molar-refractivity contribution in [3.8, 4) is 0 Å². The summed E-state index contributed by atoms with van der Waals surface area (Å²) in [6, 6.07) is 0. The van der Waals surface area contributed by atoms with Crippen LogP contribution >= 0.6 is 11.8 Å². The van der Waals surface area contributed by atoms with Crippen molar-refractivity contribution < 1.29 is 0 Å². The molecule has 0 radical (unpaired) electrons. The molecule has 5 fully saturated rings. The van der Waals surface area contributed by atoms with E-state index in [1.807, 2.05) is 0 Å². The lowest BCUT2D eigenvalue weighted by atomic mass is 9.56. The van der Waals surface area contributed by atoms with Crippen LogP contribution in [0.25, 0.3) is 0 Å². The first-order valence-electron chi connectivity index (χ1n) is 8.20. The van der Waals surface area contributed by atoms with E-state index >= 15 is 0 Å². The quantitative estimate of drug-likeness (QED) is 0.814. The summed E-state index contributed by atoms with van der Waals surface area (Å²) in [5.41, 5.74) is 0. The SMILES string of the molecule is C1CCC(SC23CC4CC(CC(C4)C2)C3)CNC1. The first-order valence-corrected chi connectivity index (χ1v) is 9.08. The van der Waals surface area contributed by atoms with Crippen LogP contribution in [0.4, 0.5) is 0 Å². The van der Waals surface area contributed by atoms with Gasteiger partial charge in [-0.1, -0.05) is 6.42 Å². The van der Waals surface area contributed by atoms with Crippen LogP contribution in [0, 0.1) is 17.8 Å². The number of hydrogen-bond donors (Lipinski definition) is 1. The van der Waals surface area contributed by atoms with Crippen LogP contribution in [0.2, 0.25) is 0 Å². The fourth-order valence-corrected chi connectivity index (χ4v) is 7.81. The topological polar surface area (TPSA) is 12.0 Å². The molecule has 0 aromatic carbocycles. The lowest BCUT2D eigenvalue weighted by molar-refractivity contribution is 0.0381. The third-order valence-electron chi connectivity index (χ3n) is 5.90. The van der Waals surface area contributed by atoms with Crippen LogP contribution in [-0.2, 0) is 0 Å². The summed E-state index contributed by atoms with van der Waals surface area (Å²) in [6.07, 6.45) is 13.8. The van der Waals surface area contributed by atoms with Gasteiger partial charge in [0.25, 0.3) is 0 Å². The van der Waals surface area contributed by atoms with Crippen molar-refractivity contribution in [1.29, 1.82) is 0 Å². The third-order valence-corrected chi connectivity index (χ3v) is 7.64. The van der Waals surface area contributed by atoms with E-state index in [9.17, 15) is 0 Å². The summed E-state index contributed by atoms with van der Waals surface area (Å²) in [6.45, 7) is 2.55. The van der Waals surface area contributed by atoms with Crippen molar-refractivity contribution in [2.75, 3.05) is 13.1 Å². The van der Waals surface area contributed by atoms with Crippen LogP contribution in [0.5, 0.6) is 0 Å². The fourth-order valence-electron chi connectivity index (χ4n) is 5.62. The van der Waals surface area contributed by atoms with E-state index in [0.29, 0.717) is 0 Å². The molecule has 1 saturated heterocycles. The van der Waals surface area contributed by atoms with E-state index in [0.717, 1.165) is 27.8 Å². The van der Waals surface area contributed by atoms with Gasteiger partial charge in [-0.15, -0.1) is 0 Å². The molecule has 1 heterocycles.